The molecular weight excluding hydrogens is 234 g/mol. The minimum atomic E-state index is -1.06. The van der Waals surface area contributed by atoms with E-state index >= 15 is 0 Å². The van der Waals surface area contributed by atoms with Gasteiger partial charge in [-0.05, 0) is 12.1 Å². The summed E-state index contributed by atoms with van der Waals surface area (Å²) < 4.78 is 0. The third-order valence-electron chi connectivity index (χ3n) is 2.72. The Morgan fingerprint density at radius 1 is 1.28 bits per heavy atom. The van der Waals surface area contributed by atoms with Crippen LogP contribution in [0.25, 0.3) is 22.3 Å². The summed E-state index contributed by atoms with van der Waals surface area (Å²) in [5.41, 5.74) is 1.76. The zero-order valence-electron chi connectivity index (χ0n) is 9.14. The number of aromatic carboxylic acids is 1. The van der Waals surface area contributed by atoms with E-state index in [1.165, 1.54) is 6.07 Å². The smallest absolute Gasteiger partial charge is 0.353 e. The van der Waals surface area contributed by atoms with Gasteiger partial charge in [0.15, 0.2) is 0 Å². The molecule has 0 amide bonds. The molecule has 6 heteroatoms. The first-order valence-electron chi connectivity index (χ1n) is 5.25. The summed E-state index contributed by atoms with van der Waals surface area (Å²) in [4.78, 5) is 13.8. The average Bonchev–Trinajstić information content (AvgIpc) is 2.95. The maximum Gasteiger partial charge on any atom is 0.353 e. The fourth-order valence-electron chi connectivity index (χ4n) is 1.85. The summed E-state index contributed by atoms with van der Waals surface area (Å²) in [6.45, 7) is 0. The van der Waals surface area contributed by atoms with Gasteiger partial charge in [-0.15, -0.1) is 0 Å². The van der Waals surface area contributed by atoms with Crippen LogP contribution in [-0.2, 0) is 0 Å². The Kier molecular flexibility index (Phi) is 2.09. The molecule has 0 radical (unpaired) electrons. The summed E-state index contributed by atoms with van der Waals surface area (Å²) in [5.74, 6) is -0.916. The highest BCUT2D eigenvalue weighted by atomic mass is 16.4. The highest BCUT2D eigenvalue weighted by Crippen LogP contribution is 2.28. The number of hydrogen-bond acceptors (Lipinski definition) is 3. The molecule has 0 atom stereocenters. The van der Waals surface area contributed by atoms with Gasteiger partial charge in [0.2, 0.25) is 0 Å². The number of carboxylic acids is 1. The number of nitrogens with zero attached hydrogens (tertiary/aromatic N) is 1. The molecule has 0 unspecified atom stereocenters. The highest BCUT2D eigenvalue weighted by Gasteiger charge is 2.12. The van der Waals surface area contributed by atoms with Crippen LogP contribution in [0.4, 0.5) is 0 Å². The Hall–Kier alpha value is -2.76. The standard InChI is InChI=1S/C12H9N3O3/c16-10-3-1-2-6-4-7(13-11(6)10)8-5-9(12(17)18)15-14-8/h1-5,13,16H,(H,14,15)(H,17,18). The predicted octanol–water partition coefficient (Wildman–Crippen LogP) is 1.96. The van der Waals surface area contributed by atoms with Crippen LogP contribution in [-0.4, -0.2) is 31.4 Å². The minimum Gasteiger partial charge on any atom is -0.506 e. The van der Waals surface area contributed by atoms with E-state index < -0.39 is 5.97 Å². The van der Waals surface area contributed by atoms with Crippen molar-refractivity contribution in [3.05, 3.63) is 36.0 Å². The number of rotatable bonds is 2. The first-order valence-corrected chi connectivity index (χ1v) is 5.25. The molecule has 18 heavy (non-hydrogen) atoms. The normalized spacial score (nSPS) is 10.9. The van der Waals surface area contributed by atoms with E-state index in [-0.39, 0.29) is 11.4 Å². The van der Waals surface area contributed by atoms with Gasteiger partial charge in [0.05, 0.1) is 11.2 Å². The molecule has 0 bridgehead atoms. The third-order valence-corrected chi connectivity index (χ3v) is 2.72. The Balaban J connectivity index is 2.13. The second-order valence-corrected chi connectivity index (χ2v) is 3.90. The van der Waals surface area contributed by atoms with E-state index in [4.69, 9.17) is 5.11 Å². The first-order chi connectivity index (χ1) is 8.65. The topological polar surface area (TPSA) is 102 Å². The molecule has 90 valence electrons. The van der Waals surface area contributed by atoms with Crippen molar-refractivity contribution in [2.24, 2.45) is 0 Å². The van der Waals surface area contributed by atoms with Crippen LogP contribution >= 0.6 is 0 Å². The van der Waals surface area contributed by atoms with Crippen molar-refractivity contribution in [2.45, 2.75) is 0 Å². The molecule has 6 nitrogen and oxygen atoms in total. The van der Waals surface area contributed by atoms with Crippen molar-refractivity contribution in [1.82, 2.24) is 15.2 Å². The lowest BCUT2D eigenvalue weighted by Crippen LogP contribution is -1.95. The molecule has 0 aliphatic heterocycles. The largest absolute Gasteiger partial charge is 0.506 e. The van der Waals surface area contributed by atoms with Crippen molar-refractivity contribution in [2.75, 3.05) is 0 Å². The van der Waals surface area contributed by atoms with Gasteiger partial charge in [0.1, 0.15) is 17.1 Å². The molecule has 0 saturated heterocycles. The number of benzene rings is 1. The lowest BCUT2D eigenvalue weighted by Gasteiger charge is -1.92. The molecule has 0 spiro atoms. The molecule has 0 fully saturated rings. The average molecular weight is 243 g/mol. The van der Waals surface area contributed by atoms with Crippen molar-refractivity contribution < 1.29 is 15.0 Å². The number of phenolic OH excluding ortho intramolecular Hbond substituents is 1. The minimum absolute atomic E-state index is 0.0212. The van der Waals surface area contributed by atoms with Crippen LogP contribution < -0.4 is 0 Å². The quantitative estimate of drug-likeness (QED) is 0.552. The number of hydrogen-bond donors (Lipinski definition) is 4. The number of aromatic amines is 2. The molecule has 0 saturated carbocycles. The van der Waals surface area contributed by atoms with Gasteiger partial charge < -0.3 is 15.2 Å². The Labute approximate surface area is 101 Å². The lowest BCUT2D eigenvalue weighted by atomic mass is 10.2. The molecule has 0 aliphatic carbocycles. The summed E-state index contributed by atoms with van der Waals surface area (Å²) in [6.07, 6.45) is 0. The molecular formula is C12H9N3O3. The van der Waals surface area contributed by atoms with Gasteiger partial charge >= 0.3 is 5.97 Å². The third kappa shape index (κ3) is 1.51. The lowest BCUT2D eigenvalue weighted by molar-refractivity contribution is 0.0690. The van der Waals surface area contributed by atoms with Crippen LogP contribution in [0.1, 0.15) is 10.5 Å². The molecule has 0 aliphatic rings. The molecule has 2 heterocycles. The number of aromatic nitrogens is 3. The maximum absolute atomic E-state index is 10.8. The van der Waals surface area contributed by atoms with Crippen LogP contribution in [0.15, 0.2) is 30.3 Å². The Morgan fingerprint density at radius 3 is 2.78 bits per heavy atom. The molecule has 2 aromatic heterocycles. The molecule has 4 N–H and O–H groups in total. The highest BCUT2D eigenvalue weighted by molar-refractivity contribution is 5.91. The van der Waals surface area contributed by atoms with Crippen LogP contribution in [0.5, 0.6) is 5.75 Å². The van der Waals surface area contributed by atoms with Crippen molar-refractivity contribution in [3.63, 3.8) is 0 Å². The van der Waals surface area contributed by atoms with Gasteiger partial charge in [-0.25, -0.2) is 4.79 Å². The first kappa shape index (κ1) is 10.4. The van der Waals surface area contributed by atoms with E-state index in [2.05, 4.69) is 15.2 Å². The second-order valence-electron chi connectivity index (χ2n) is 3.90. The molecule has 3 aromatic rings. The van der Waals surface area contributed by atoms with Crippen molar-refractivity contribution in [1.29, 1.82) is 0 Å². The summed E-state index contributed by atoms with van der Waals surface area (Å²) in [6, 6.07) is 8.40. The summed E-state index contributed by atoms with van der Waals surface area (Å²) >= 11 is 0. The fourth-order valence-corrected chi connectivity index (χ4v) is 1.85. The summed E-state index contributed by atoms with van der Waals surface area (Å²) in [5, 5.41) is 25.7. The van der Waals surface area contributed by atoms with E-state index in [0.29, 0.717) is 16.9 Å². The number of nitrogens with one attached hydrogen (secondary N) is 2. The number of fused-ring (bicyclic) bond motifs is 1. The van der Waals surface area contributed by atoms with Crippen LogP contribution in [0.3, 0.4) is 0 Å². The van der Waals surface area contributed by atoms with Gasteiger partial charge in [-0.2, -0.15) is 5.10 Å². The second kappa shape index (κ2) is 3.63. The monoisotopic (exact) mass is 243 g/mol. The van der Waals surface area contributed by atoms with Crippen LogP contribution in [0, 0.1) is 0 Å². The zero-order chi connectivity index (χ0) is 12.7. The van der Waals surface area contributed by atoms with Crippen molar-refractivity contribution >= 4 is 16.9 Å². The van der Waals surface area contributed by atoms with Gasteiger partial charge in [-0.3, -0.25) is 5.10 Å². The van der Waals surface area contributed by atoms with Gasteiger partial charge in [0, 0.05) is 11.5 Å². The van der Waals surface area contributed by atoms with Crippen molar-refractivity contribution in [3.8, 4) is 17.1 Å². The predicted molar refractivity (Wildman–Crippen MR) is 64.5 cm³/mol. The number of aromatic hydroxyl groups is 1. The number of carboxylic acid groups (broad SMARTS) is 1. The van der Waals surface area contributed by atoms with Crippen LogP contribution in [0.2, 0.25) is 0 Å². The Morgan fingerprint density at radius 2 is 2.11 bits per heavy atom. The molecule has 1 aromatic carbocycles. The fraction of sp³-hybridized carbons (Fsp3) is 0. The number of phenols is 1. The van der Waals surface area contributed by atoms with E-state index in [0.717, 1.165) is 5.39 Å². The number of carbonyl (C=O) groups is 1. The molecule has 3 rings (SSSR count). The number of para-hydroxylation sites is 1. The van der Waals surface area contributed by atoms with Gasteiger partial charge in [-0.1, -0.05) is 12.1 Å². The van der Waals surface area contributed by atoms with Gasteiger partial charge in [0.25, 0.3) is 0 Å². The zero-order valence-corrected chi connectivity index (χ0v) is 9.14. The summed E-state index contributed by atoms with van der Waals surface area (Å²) in [7, 11) is 0. The number of H-pyrrole nitrogens is 2. The van der Waals surface area contributed by atoms with E-state index in [1.54, 1.807) is 18.2 Å². The maximum atomic E-state index is 10.8. The Bertz CT molecular complexity index is 742. The SMILES string of the molecule is O=C(O)c1cc(-c2cc3cccc(O)c3[nH]2)n[nH]1. The van der Waals surface area contributed by atoms with E-state index in [9.17, 15) is 9.90 Å². The van der Waals surface area contributed by atoms with E-state index in [1.807, 2.05) is 6.07 Å².